The molecule has 1 aromatic heterocycles. The Morgan fingerprint density at radius 1 is 1.11 bits per heavy atom. The van der Waals surface area contributed by atoms with Crippen LogP contribution in [0.3, 0.4) is 0 Å². The third-order valence-corrected chi connectivity index (χ3v) is 6.07. The maximum atomic E-state index is 12.4. The Hall–Kier alpha value is -2.54. The maximum Gasteiger partial charge on any atom is 0.233 e. The zero-order chi connectivity index (χ0) is 18.8. The number of imide groups is 1. The highest BCUT2D eigenvalue weighted by Gasteiger charge is 2.47. The van der Waals surface area contributed by atoms with E-state index in [4.69, 9.17) is 0 Å². The van der Waals surface area contributed by atoms with Crippen LogP contribution in [0.4, 0.5) is 5.13 Å². The number of nitrogens with zero attached hydrogens (tertiary/aromatic N) is 2. The zero-order valence-corrected chi connectivity index (χ0v) is 15.7. The molecule has 140 valence electrons. The fraction of sp³-hybridized carbons (Fsp3) is 0.400. The SMILES string of the molecule is O=C(CCN1C(=O)[C@H]2CCCC[C@H]2C1=O)Nc1nc(-c2ccccc2)cs1. The van der Waals surface area contributed by atoms with Crippen LogP contribution in [0.25, 0.3) is 11.3 Å². The lowest BCUT2D eigenvalue weighted by Crippen LogP contribution is -2.34. The normalized spacial score (nSPS) is 22.0. The minimum atomic E-state index is -0.237. The molecular formula is C20H21N3O3S. The summed E-state index contributed by atoms with van der Waals surface area (Å²) in [4.78, 5) is 42.9. The zero-order valence-electron chi connectivity index (χ0n) is 14.9. The van der Waals surface area contributed by atoms with E-state index in [-0.39, 0.29) is 42.5 Å². The molecule has 1 aromatic carbocycles. The predicted octanol–water partition coefficient (Wildman–Crippen LogP) is 3.31. The molecular weight excluding hydrogens is 362 g/mol. The first-order valence-electron chi connectivity index (χ1n) is 9.29. The van der Waals surface area contributed by atoms with Gasteiger partial charge in [-0.2, -0.15) is 0 Å². The minimum absolute atomic E-state index is 0.0944. The van der Waals surface area contributed by atoms with E-state index in [9.17, 15) is 14.4 Å². The summed E-state index contributed by atoms with van der Waals surface area (Å²) in [5.41, 5.74) is 1.80. The quantitative estimate of drug-likeness (QED) is 0.804. The highest BCUT2D eigenvalue weighted by Crippen LogP contribution is 2.38. The van der Waals surface area contributed by atoms with Gasteiger partial charge in [0.1, 0.15) is 0 Å². The molecule has 2 heterocycles. The van der Waals surface area contributed by atoms with Crippen molar-refractivity contribution in [2.75, 3.05) is 11.9 Å². The number of nitrogens with one attached hydrogen (secondary N) is 1. The van der Waals surface area contributed by atoms with Gasteiger partial charge in [0.2, 0.25) is 17.7 Å². The molecule has 1 saturated heterocycles. The molecule has 2 atom stereocenters. The molecule has 6 nitrogen and oxygen atoms in total. The number of fused-ring (bicyclic) bond motifs is 1. The van der Waals surface area contributed by atoms with Crippen LogP contribution < -0.4 is 5.32 Å². The number of aromatic nitrogens is 1. The summed E-state index contributed by atoms with van der Waals surface area (Å²) >= 11 is 1.36. The monoisotopic (exact) mass is 383 g/mol. The first kappa shape index (κ1) is 17.9. The third-order valence-electron chi connectivity index (χ3n) is 5.31. The van der Waals surface area contributed by atoms with Gasteiger partial charge in [-0.05, 0) is 12.8 Å². The van der Waals surface area contributed by atoms with Crippen LogP contribution in [-0.2, 0) is 14.4 Å². The molecule has 4 rings (SSSR count). The van der Waals surface area contributed by atoms with E-state index in [0.717, 1.165) is 36.9 Å². The van der Waals surface area contributed by atoms with Gasteiger partial charge in [-0.15, -0.1) is 11.3 Å². The van der Waals surface area contributed by atoms with Gasteiger partial charge in [-0.25, -0.2) is 4.98 Å². The van der Waals surface area contributed by atoms with Gasteiger partial charge in [0.05, 0.1) is 17.5 Å². The smallest absolute Gasteiger partial charge is 0.233 e. The number of likely N-dealkylation sites (tertiary alicyclic amines) is 1. The van der Waals surface area contributed by atoms with E-state index in [1.54, 1.807) is 0 Å². The standard InChI is InChI=1S/C20H21N3O3S/c24-17(22-20-21-16(12-27-20)13-6-2-1-3-7-13)10-11-23-18(25)14-8-4-5-9-15(14)19(23)26/h1-3,6-7,12,14-15H,4-5,8-11H2,(H,21,22,24)/t14-,15+. The van der Waals surface area contributed by atoms with Gasteiger partial charge in [0.15, 0.2) is 5.13 Å². The van der Waals surface area contributed by atoms with E-state index < -0.39 is 0 Å². The molecule has 1 N–H and O–H groups in total. The lowest BCUT2D eigenvalue weighted by atomic mass is 9.81. The highest BCUT2D eigenvalue weighted by atomic mass is 32.1. The summed E-state index contributed by atoms with van der Waals surface area (Å²) in [6, 6.07) is 9.74. The molecule has 1 aliphatic carbocycles. The van der Waals surface area contributed by atoms with Crippen molar-refractivity contribution in [1.29, 1.82) is 0 Å². The summed E-state index contributed by atoms with van der Waals surface area (Å²) in [7, 11) is 0. The number of rotatable bonds is 5. The van der Waals surface area contributed by atoms with Crippen molar-refractivity contribution in [3.05, 3.63) is 35.7 Å². The van der Waals surface area contributed by atoms with E-state index >= 15 is 0 Å². The summed E-state index contributed by atoms with van der Waals surface area (Å²) in [6.07, 6.45) is 3.68. The molecule has 0 unspecified atom stereocenters. The number of carbonyl (C=O) groups excluding carboxylic acids is 3. The lowest BCUT2D eigenvalue weighted by molar-refractivity contribution is -0.140. The van der Waals surface area contributed by atoms with Crippen LogP contribution in [0.1, 0.15) is 32.1 Å². The molecule has 3 amide bonds. The second kappa shape index (κ2) is 7.60. The van der Waals surface area contributed by atoms with Gasteiger partial charge in [0.25, 0.3) is 0 Å². The van der Waals surface area contributed by atoms with Crippen LogP contribution >= 0.6 is 11.3 Å². The molecule has 1 saturated carbocycles. The van der Waals surface area contributed by atoms with Crippen molar-refractivity contribution in [1.82, 2.24) is 9.88 Å². The van der Waals surface area contributed by atoms with Crippen molar-refractivity contribution < 1.29 is 14.4 Å². The average molecular weight is 383 g/mol. The van der Waals surface area contributed by atoms with Gasteiger partial charge in [-0.3, -0.25) is 19.3 Å². The number of benzene rings is 1. The Morgan fingerprint density at radius 3 is 2.44 bits per heavy atom. The summed E-state index contributed by atoms with van der Waals surface area (Å²) in [5, 5.41) is 5.18. The third kappa shape index (κ3) is 3.64. The Kier molecular flexibility index (Phi) is 5.03. The molecule has 2 aliphatic rings. The number of thiazole rings is 1. The van der Waals surface area contributed by atoms with Crippen molar-refractivity contribution in [2.45, 2.75) is 32.1 Å². The minimum Gasteiger partial charge on any atom is -0.302 e. The molecule has 2 fully saturated rings. The van der Waals surface area contributed by atoms with Crippen molar-refractivity contribution in [3.63, 3.8) is 0 Å². The Morgan fingerprint density at radius 2 is 1.78 bits per heavy atom. The molecule has 0 spiro atoms. The first-order chi connectivity index (χ1) is 13.1. The molecule has 2 aromatic rings. The van der Waals surface area contributed by atoms with E-state index in [1.165, 1.54) is 16.2 Å². The van der Waals surface area contributed by atoms with E-state index in [1.807, 2.05) is 35.7 Å². The van der Waals surface area contributed by atoms with Crippen molar-refractivity contribution >= 4 is 34.2 Å². The second-order valence-corrected chi connectivity index (χ2v) is 7.89. The molecule has 7 heteroatoms. The largest absolute Gasteiger partial charge is 0.302 e. The lowest BCUT2D eigenvalue weighted by Gasteiger charge is -2.19. The number of hydrogen-bond donors (Lipinski definition) is 1. The Labute approximate surface area is 161 Å². The predicted molar refractivity (Wildman–Crippen MR) is 103 cm³/mol. The fourth-order valence-electron chi connectivity index (χ4n) is 3.92. The molecule has 0 radical (unpaired) electrons. The summed E-state index contributed by atoms with van der Waals surface area (Å²) in [5.74, 6) is -0.765. The molecule has 0 bridgehead atoms. The van der Waals surface area contributed by atoms with Gasteiger partial charge < -0.3 is 5.32 Å². The average Bonchev–Trinajstić information content (AvgIpc) is 3.25. The number of hydrogen-bond acceptors (Lipinski definition) is 5. The molecule has 27 heavy (non-hydrogen) atoms. The highest BCUT2D eigenvalue weighted by molar-refractivity contribution is 7.14. The summed E-state index contributed by atoms with van der Waals surface area (Å²) < 4.78 is 0. The van der Waals surface area contributed by atoms with Crippen LogP contribution in [-0.4, -0.2) is 34.2 Å². The number of anilines is 1. The molecule has 1 aliphatic heterocycles. The van der Waals surface area contributed by atoms with Crippen molar-refractivity contribution in [2.24, 2.45) is 11.8 Å². The topological polar surface area (TPSA) is 79.4 Å². The van der Waals surface area contributed by atoms with Crippen LogP contribution in [0.2, 0.25) is 0 Å². The van der Waals surface area contributed by atoms with Crippen LogP contribution in [0.15, 0.2) is 35.7 Å². The van der Waals surface area contributed by atoms with E-state index in [2.05, 4.69) is 10.3 Å². The van der Waals surface area contributed by atoms with Crippen LogP contribution in [0.5, 0.6) is 0 Å². The second-order valence-electron chi connectivity index (χ2n) is 7.03. The fourth-order valence-corrected chi connectivity index (χ4v) is 4.65. The summed E-state index contributed by atoms with van der Waals surface area (Å²) in [6.45, 7) is 0.146. The number of amides is 3. The van der Waals surface area contributed by atoms with E-state index in [0.29, 0.717) is 5.13 Å². The number of carbonyl (C=O) groups is 3. The maximum absolute atomic E-state index is 12.4. The Balaban J connectivity index is 1.33. The van der Waals surface area contributed by atoms with Crippen molar-refractivity contribution in [3.8, 4) is 11.3 Å². The van der Waals surface area contributed by atoms with Crippen LogP contribution in [0, 0.1) is 11.8 Å². The Bertz CT molecular complexity index is 840. The van der Waals surface area contributed by atoms with Gasteiger partial charge in [-0.1, -0.05) is 43.2 Å². The van der Waals surface area contributed by atoms with Gasteiger partial charge in [0, 0.05) is 23.9 Å². The first-order valence-corrected chi connectivity index (χ1v) is 10.2. The van der Waals surface area contributed by atoms with Gasteiger partial charge >= 0.3 is 0 Å².